The summed E-state index contributed by atoms with van der Waals surface area (Å²) >= 11 is 0. The van der Waals surface area contributed by atoms with E-state index in [1.165, 1.54) is 11.1 Å². The zero-order valence-corrected chi connectivity index (χ0v) is 14.7. The molecule has 0 unspecified atom stereocenters. The topological polar surface area (TPSA) is 32.3 Å². The van der Waals surface area contributed by atoms with Gasteiger partial charge in [-0.2, -0.15) is 0 Å². The van der Waals surface area contributed by atoms with Crippen LogP contribution in [-0.2, 0) is 12.8 Å². The van der Waals surface area contributed by atoms with Gasteiger partial charge in [-0.3, -0.25) is 0 Å². The molecule has 4 nitrogen and oxygen atoms in total. The molecule has 1 aliphatic heterocycles. The molecule has 1 aliphatic rings. The molecule has 4 heteroatoms. The molecule has 2 aromatic carbocycles. The largest absolute Gasteiger partial charge is 0.305 e. The first-order chi connectivity index (χ1) is 12.3. The molecule has 0 atom stereocenters. The highest BCUT2D eigenvalue weighted by Crippen LogP contribution is 2.40. The Kier molecular flexibility index (Phi) is 4.10. The van der Waals surface area contributed by atoms with E-state index < -0.39 is 0 Å². The quantitative estimate of drug-likeness (QED) is 0.684. The zero-order valence-electron chi connectivity index (χ0n) is 14.7. The summed E-state index contributed by atoms with van der Waals surface area (Å²) in [5.74, 6) is 1.82. The summed E-state index contributed by atoms with van der Waals surface area (Å²) in [6, 6.07) is 17.4. The standard InChI is InChI=1S/C21H22N4/c1-3-16-5-9-18(10-6-16)24-15-25(21-20(24)22-13-14-23-21)19-11-7-17(4-2)8-12-19/h5-14H,3-4,15H2,1-2H3. The first-order valence-corrected chi connectivity index (χ1v) is 8.84. The predicted molar refractivity (Wildman–Crippen MR) is 103 cm³/mol. The molecular formula is C21H22N4. The van der Waals surface area contributed by atoms with Crippen molar-refractivity contribution >= 4 is 23.0 Å². The van der Waals surface area contributed by atoms with Gasteiger partial charge in [-0.1, -0.05) is 38.1 Å². The van der Waals surface area contributed by atoms with Crippen LogP contribution in [0.4, 0.5) is 23.0 Å². The van der Waals surface area contributed by atoms with E-state index in [-0.39, 0.29) is 0 Å². The van der Waals surface area contributed by atoms with E-state index in [0.717, 1.165) is 42.5 Å². The van der Waals surface area contributed by atoms with Crippen molar-refractivity contribution in [3.63, 3.8) is 0 Å². The van der Waals surface area contributed by atoms with Crippen LogP contribution in [0.1, 0.15) is 25.0 Å². The SMILES string of the molecule is CCc1ccc(N2CN(c3ccc(CC)cc3)c3nccnc32)cc1. The molecule has 0 amide bonds. The van der Waals surface area contributed by atoms with Gasteiger partial charge in [0.25, 0.3) is 0 Å². The minimum atomic E-state index is 0.719. The fraction of sp³-hybridized carbons (Fsp3) is 0.238. The van der Waals surface area contributed by atoms with E-state index in [4.69, 9.17) is 0 Å². The van der Waals surface area contributed by atoms with Crippen molar-refractivity contribution in [3.8, 4) is 0 Å². The number of aryl methyl sites for hydroxylation is 2. The van der Waals surface area contributed by atoms with Crippen molar-refractivity contribution in [1.82, 2.24) is 9.97 Å². The van der Waals surface area contributed by atoms with Gasteiger partial charge in [0.05, 0.1) is 0 Å². The zero-order chi connectivity index (χ0) is 17.2. The lowest BCUT2D eigenvalue weighted by Crippen LogP contribution is -2.24. The average molecular weight is 330 g/mol. The minimum absolute atomic E-state index is 0.719. The molecule has 0 fully saturated rings. The molecule has 0 N–H and O–H groups in total. The van der Waals surface area contributed by atoms with Gasteiger partial charge in [-0.25, -0.2) is 9.97 Å². The first-order valence-electron chi connectivity index (χ1n) is 8.84. The highest BCUT2D eigenvalue weighted by Gasteiger charge is 2.30. The summed E-state index contributed by atoms with van der Waals surface area (Å²) in [7, 11) is 0. The van der Waals surface area contributed by atoms with Crippen molar-refractivity contribution in [2.75, 3.05) is 16.5 Å². The van der Waals surface area contributed by atoms with Gasteiger partial charge < -0.3 is 9.80 Å². The number of anilines is 4. The normalized spacial score (nSPS) is 13.2. The van der Waals surface area contributed by atoms with Gasteiger partial charge in [0.15, 0.2) is 11.6 Å². The fourth-order valence-electron chi connectivity index (χ4n) is 3.21. The second kappa shape index (κ2) is 6.55. The lowest BCUT2D eigenvalue weighted by Gasteiger charge is -2.21. The summed E-state index contributed by atoms with van der Waals surface area (Å²) in [6.45, 7) is 5.07. The second-order valence-electron chi connectivity index (χ2n) is 6.24. The molecule has 2 heterocycles. The van der Waals surface area contributed by atoms with E-state index in [9.17, 15) is 0 Å². The number of benzene rings is 2. The van der Waals surface area contributed by atoms with Gasteiger partial charge in [-0.05, 0) is 48.2 Å². The average Bonchev–Trinajstić information content (AvgIpc) is 3.08. The van der Waals surface area contributed by atoms with Crippen molar-refractivity contribution in [2.45, 2.75) is 26.7 Å². The molecule has 3 aromatic rings. The third-order valence-corrected chi connectivity index (χ3v) is 4.77. The maximum absolute atomic E-state index is 4.59. The molecule has 126 valence electrons. The monoisotopic (exact) mass is 330 g/mol. The van der Waals surface area contributed by atoms with Gasteiger partial charge in [0.1, 0.15) is 6.67 Å². The molecule has 0 bridgehead atoms. The maximum Gasteiger partial charge on any atom is 0.178 e. The smallest absolute Gasteiger partial charge is 0.178 e. The van der Waals surface area contributed by atoms with Crippen molar-refractivity contribution in [3.05, 3.63) is 72.1 Å². The summed E-state index contributed by atoms with van der Waals surface area (Å²) < 4.78 is 0. The van der Waals surface area contributed by atoms with E-state index in [1.807, 2.05) is 0 Å². The van der Waals surface area contributed by atoms with E-state index in [1.54, 1.807) is 12.4 Å². The maximum atomic E-state index is 4.59. The number of fused-ring (bicyclic) bond motifs is 1. The summed E-state index contributed by atoms with van der Waals surface area (Å²) in [5.41, 5.74) is 4.97. The van der Waals surface area contributed by atoms with Crippen LogP contribution in [0.25, 0.3) is 0 Å². The molecule has 0 saturated carbocycles. The van der Waals surface area contributed by atoms with Gasteiger partial charge in [-0.15, -0.1) is 0 Å². The molecule has 25 heavy (non-hydrogen) atoms. The van der Waals surface area contributed by atoms with Crippen molar-refractivity contribution in [2.24, 2.45) is 0 Å². The van der Waals surface area contributed by atoms with Crippen LogP contribution in [0, 0.1) is 0 Å². The molecule has 0 aliphatic carbocycles. The lowest BCUT2D eigenvalue weighted by molar-refractivity contribution is 0.973. The van der Waals surface area contributed by atoms with Crippen LogP contribution in [-0.4, -0.2) is 16.6 Å². The Morgan fingerprint density at radius 1 is 0.680 bits per heavy atom. The highest BCUT2D eigenvalue weighted by molar-refractivity contribution is 5.81. The van der Waals surface area contributed by atoms with E-state index in [2.05, 4.69) is 82.1 Å². The Balaban J connectivity index is 1.71. The highest BCUT2D eigenvalue weighted by atomic mass is 15.4. The van der Waals surface area contributed by atoms with E-state index in [0.29, 0.717) is 0 Å². The lowest BCUT2D eigenvalue weighted by atomic mass is 10.1. The Morgan fingerprint density at radius 3 is 1.44 bits per heavy atom. The van der Waals surface area contributed by atoms with Gasteiger partial charge >= 0.3 is 0 Å². The van der Waals surface area contributed by atoms with Crippen LogP contribution >= 0.6 is 0 Å². The molecule has 0 spiro atoms. The third-order valence-electron chi connectivity index (χ3n) is 4.77. The van der Waals surface area contributed by atoms with Crippen LogP contribution in [0.3, 0.4) is 0 Å². The number of hydrogen-bond donors (Lipinski definition) is 0. The summed E-state index contributed by atoms with van der Waals surface area (Å²) in [5, 5.41) is 0. The molecule has 1 aromatic heterocycles. The molecule has 4 rings (SSSR count). The summed E-state index contributed by atoms with van der Waals surface area (Å²) in [4.78, 5) is 13.6. The molecule has 0 saturated heterocycles. The Bertz CT molecular complexity index is 783. The van der Waals surface area contributed by atoms with Crippen LogP contribution in [0.5, 0.6) is 0 Å². The second-order valence-corrected chi connectivity index (χ2v) is 6.24. The number of hydrogen-bond acceptors (Lipinski definition) is 4. The van der Waals surface area contributed by atoms with Crippen LogP contribution < -0.4 is 9.80 Å². The van der Waals surface area contributed by atoms with E-state index >= 15 is 0 Å². The van der Waals surface area contributed by atoms with Crippen LogP contribution in [0.2, 0.25) is 0 Å². The Hall–Kier alpha value is -2.88. The molecular weight excluding hydrogens is 308 g/mol. The molecule has 0 radical (unpaired) electrons. The first kappa shape index (κ1) is 15.6. The Labute approximate surface area is 148 Å². The fourth-order valence-corrected chi connectivity index (χ4v) is 3.21. The predicted octanol–water partition coefficient (Wildman–Crippen LogP) is 4.85. The van der Waals surface area contributed by atoms with Crippen LogP contribution in [0.15, 0.2) is 60.9 Å². The Morgan fingerprint density at radius 2 is 1.08 bits per heavy atom. The number of nitrogens with zero attached hydrogens (tertiary/aromatic N) is 4. The van der Waals surface area contributed by atoms with Gasteiger partial charge in [0.2, 0.25) is 0 Å². The summed E-state index contributed by atoms with van der Waals surface area (Å²) in [6.07, 6.45) is 5.62. The minimum Gasteiger partial charge on any atom is -0.305 e. The van der Waals surface area contributed by atoms with Gasteiger partial charge in [0, 0.05) is 23.8 Å². The van der Waals surface area contributed by atoms with Crippen molar-refractivity contribution in [1.29, 1.82) is 0 Å². The third kappa shape index (κ3) is 2.84. The van der Waals surface area contributed by atoms with Crippen molar-refractivity contribution < 1.29 is 0 Å². The number of aromatic nitrogens is 2. The number of rotatable bonds is 4.